The first kappa shape index (κ1) is 15.0. The molecule has 22 heavy (non-hydrogen) atoms. The van der Waals surface area contributed by atoms with Crippen molar-refractivity contribution < 1.29 is 12.8 Å². The zero-order valence-electron chi connectivity index (χ0n) is 12.2. The third-order valence-electron chi connectivity index (χ3n) is 3.83. The maximum Gasteiger partial charge on any atom is 0.437 e. The van der Waals surface area contributed by atoms with Crippen molar-refractivity contribution in [1.29, 1.82) is 0 Å². The molecule has 0 bridgehead atoms. The molecule has 2 heterocycles. The van der Waals surface area contributed by atoms with Crippen LogP contribution in [0.15, 0.2) is 39.5 Å². The molecule has 0 radical (unpaired) electrons. The van der Waals surface area contributed by atoms with Gasteiger partial charge in [0.1, 0.15) is 0 Å². The summed E-state index contributed by atoms with van der Waals surface area (Å²) in [7, 11) is -3.18. The smallest absolute Gasteiger partial charge is 0.388 e. The van der Waals surface area contributed by atoms with Gasteiger partial charge in [0.25, 0.3) is 0 Å². The van der Waals surface area contributed by atoms with Gasteiger partial charge in [0.05, 0.1) is 12.3 Å². The maximum absolute atomic E-state index is 12.0. The van der Waals surface area contributed by atoms with Gasteiger partial charge in [-0.1, -0.05) is 18.2 Å². The standard InChI is InChI=1S/C14H17N3O4S/c1-22(19,20)16-9-7-12(8-10-16)17-14(18)21-13(15-17)11-5-3-2-4-6-11/h2-6,12H,7-10H2,1H3. The van der Waals surface area contributed by atoms with E-state index in [-0.39, 0.29) is 11.9 Å². The Hall–Kier alpha value is -1.93. The van der Waals surface area contributed by atoms with Crippen molar-refractivity contribution in [2.45, 2.75) is 18.9 Å². The van der Waals surface area contributed by atoms with E-state index in [0.717, 1.165) is 5.56 Å². The molecule has 0 N–H and O–H groups in total. The minimum absolute atomic E-state index is 0.133. The van der Waals surface area contributed by atoms with E-state index in [0.29, 0.717) is 25.9 Å². The summed E-state index contributed by atoms with van der Waals surface area (Å²) in [5.74, 6) is -0.215. The van der Waals surface area contributed by atoms with E-state index in [1.165, 1.54) is 15.2 Å². The van der Waals surface area contributed by atoms with Gasteiger partial charge in [-0.2, -0.15) is 4.68 Å². The summed E-state index contributed by atoms with van der Waals surface area (Å²) < 4.78 is 31.0. The van der Waals surface area contributed by atoms with E-state index in [1.54, 1.807) is 0 Å². The van der Waals surface area contributed by atoms with Crippen molar-refractivity contribution in [3.05, 3.63) is 40.9 Å². The molecule has 8 heteroatoms. The van der Waals surface area contributed by atoms with Crippen molar-refractivity contribution >= 4 is 10.0 Å². The van der Waals surface area contributed by atoms with Gasteiger partial charge in [-0.3, -0.25) is 0 Å². The van der Waals surface area contributed by atoms with Crippen LogP contribution in [0.1, 0.15) is 18.9 Å². The second-order valence-electron chi connectivity index (χ2n) is 5.38. The average molecular weight is 323 g/mol. The lowest BCUT2D eigenvalue weighted by atomic mass is 10.1. The molecular weight excluding hydrogens is 306 g/mol. The molecule has 1 fully saturated rings. The normalized spacial score (nSPS) is 17.7. The number of piperidine rings is 1. The highest BCUT2D eigenvalue weighted by Gasteiger charge is 2.28. The monoisotopic (exact) mass is 323 g/mol. The second-order valence-corrected chi connectivity index (χ2v) is 7.36. The molecule has 7 nitrogen and oxygen atoms in total. The number of sulfonamides is 1. The highest BCUT2D eigenvalue weighted by atomic mass is 32.2. The molecule has 1 aliphatic rings. The molecule has 3 rings (SSSR count). The first-order valence-electron chi connectivity index (χ1n) is 7.05. The number of hydrogen-bond donors (Lipinski definition) is 0. The van der Waals surface area contributed by atoms with Crippen LogP contribution >= 0.6 is 0 Å². The summed E-state index contributed by atoms with van der Waals surface area (Å²) >= 11 is 0. The van der Waals surface area contributed by atoms with Gasteiger partial charge in [0, 0.05) is 18.7 Å². The van der Waals surface area contributed by atoms with Crippen molar-refractivity contribution in [3.8, 4) is 11.5 Å². The van der Waals surface area contributed by atoms with Crippen LogP contribution in [-0.2, 0) is 10.0 Å². The number of rotatable bonds is 3. The number of benzene rings is 1. The number of nitrogens with zero attached hydrogens (tertiary/aromatic N) is 3. The van der Waals surface area contributed by atoms with Gasteiger partial charge >= 0.3 is 5.76 Å². The molecule has 1 saturated heterocycles. The van der Waals surface area contributed by atoms with E-state index in [4.69, 9.17) is 4.42 Å². The van der Waals surface area contributed by atoms with Crippen molar-refractivity contribution in [2.24, 2.45) is 0 Å². The molecule has 0 aliphatic carbocycles. The molecule has 118 valence electrons. The van der Waals surface area contributed by atoms with Crippen molar-refractivity contribution in [3.63, 3.8) is 0 Å². The lowest BCUT2D eigenvalue weighted by Crippen LogP contribution is -2.40. The van der Waals surface area contributed by atoms with Crippen LogP contribution in [-0.4, -0.2) is 41.8 Å². The van der Waals surface area contributed by atoms with E-state index < -0.39 is 15.8 Å². The van der Waals surface area contributed by atoms with Gasteiger partial charge in [-0.25, -0.2) is 17.5 Å². The van der Waals surface area contributed by atoms with Crippen LogP contribution in [0.25, 0.3) is 11.5 Å². The fraction of sp³-hybridized carbons (Fsp3) is 0.429. The fourth-order valence-corrected chi connectivity index (χ4v) is 3.51. The molecule has 1 aromatic carbocycles. The highest BCUT2D eigenvalue weighted by Crippen LogP contribution is 2.23. The lowest BCUT2D eigenvalue weighted by molar-refractivity contribution is 0.253. The third kappa shape index (κ3) is 2.97. The first-order valence-corrected chi connectivity index (χ1v) is 8.90. The SMILES string of the molecule is CS(=O)(=O)N1CCC(n2nc(-c3ccccc3)oc2=O)CC1. The van der Waals surface area contributed by atoms with E-state index in [1.807, 2.05) is 30.3 Å². The summed E-state index contributed by atoms with van der Waals surface area (Å²) in [5, 5.41) is 4.26. The molecule has 0 atom stereocenters. The van der Waals surface area contributed by atoms with E-state index in [2.05, 4.69) is 5.10 Å². The predicted molar refractivity (Wildman–Crippen MR) is 80.9 cm³/mol. The topological polar surface area (TPSA) is 85.4 Å². The van der Waals surface area contributed by atoms with E-state index in [9.17, 15) is 13.2 Å². The molecule has 1 aromatic heterocycles. The highest BCUT2D eigenvalue weighted by molar-refractivity contribution is 7.88. The van der Waals surface area contributed by atoms with Crippen molar-refractivity contribution in [1.82, 2.24) is 14.1 Å². The van der Waals surface area contributed by atoms with Crippen LogP contribution in [0, 0.1) is 0 Å². The Bertz CT molecular complexity index is 802. The Balaban J connectivity index is 1.80. The van der Waals surface area contributed by atoms with Gasteiger partial charge < -0.3 is 4.42 Å². The van der Waals surface area contributed by atoms with Crippen LogP contribution in [0.3, 0.4) is 0 Å². The Labute approximate surface area is 128 Å². The molecule has 1 aliphatic heterocycles. The Morgan fingerprint density at radius 2 is 1.82 bits per heavy atom. The van der Waals surface area contributed by atoms with Gasteiger partial charge in [0.2, 0.25) is 15.9 Å². The van der Waals surface area contributed by atoms with Gasteiger partial charge in [-0.05, 0) is 25.0 Å². The Morgan fingerprint density at radius 1 is 1.18 bits per heavy atom. The molecule has 0 unspecified atom stereocenters. The molecular formula is C14H17N3O4S. The quantitative estimate of drug-likeness (QED) is 0.844. The van der Waals surface area contributed by atoms with Crippen LogP contribution < -0.4 is 5.76 Å². The van der Waals surface area contributed by atoms with Gasteiger partial charge in [-0.15, -0.1) is 5.10 Å². The largest absolute Gasteiger partial charge is 0.437 e. The van der Waals surface area contributed by atoms with Gasteiger partial charge in [0.15, 0.2) is 0 Å². The minimum Gasteiger partial charge on any atom is -0.388 e. The summed E-state index contributed by atoms with van der Waals surface area (Å²) in [6, 6.07) is 9.08. The van der Waals surface area contributed by atoms with Crippen LogP contribution in [0.5, 0.6) is 0 Å². The summed E-state index contributed by atoms with van der Waals surface area (Å²) in [4.78, 5) is 12.0. The van der Waals surface area contributed by atoms with Crippen LogP contribution in [0.2, 0.25) is 0 Å². The van der Waals surface area contributed by atoms with E-state index >= 15 is 0 Å². The average Bonchev–Trinajstić information content (AvgIpc) is 2.89. The lowest BCUT2D eigenvalue weighted by Gasteiger charge is -2.29. The summed E-state index contributed by atoms with van der Waals surface area (Å²) in [6.07, 6.45) is 2.30. The Kier molecular flexibility index (Phi) is 3.88. The number of aromatic nitrogens is 2. The third-order valence-corrected chi connectivity index (χ3v) is 5.13. The zero-order valence-corrected chi connectivity index (χ0v) is 13.0. The molecule has 0 amide bonds. The minimum atomic E-state index is -3.18. The fourth-order valence-electron chi connectivity index (χ4n) is 2.64. The predicted octanol–water partition coefficient (Wildman–Crippen LogP) is 1.10. The zero-order chi connectivity index (χ0) is 15.7. The maximum atomic E-state index is 12.0. The molecule has 0 spiro atoms. The van der Waals surface area contributed by atoms with Crippen LogP contribution in [0.4, 0.5) is 0 Å². The number of hydrogen-bond acceptors (Lipinski definition) is 5. The second kappa shape index (κ2) is 5.69. The molecule has 2 aromatic rings. The summed E-state index contributed by atoms with van der Waals surface area (Å²) in [6.45, 7) is 0.785. The molecule has 0 saturated carbocycles. The Morgan fingerprint density at radius 3 is 2.41 bits per heavy atom. The van der Waals surface area contributed by atoms with Crippen molar-refractivity contribution in [2.75, 3.05) is 19.3 Å². The first-order chi connectivity index (χ1) is 10.4. The summed E-state index contributed by atoms with van der Waals surface area (Å²) in [5.41, 5.74) is 0.743.